The molecule has 0 radical (unpaired) electrons. The molecule has 0 N–H and O–H groups in total. The van der Waals surface area contributed by atoms with Gasteiger partial charge in [0.05, 0.1) is 5.75 Å². The van der Waals surface area contributed by atoms with Crippen molar-refractivity contribution >= 4 is 52.4 Å². The lowest BCUT2D eigenvalue weighted by Crippen LogP contribution is -2.49. The summed E-state index contributed by atoms with van der Waals surface area (Å²) in [5.74, 6) is 2.03. The molecule has 1 aromatic heterocycles. The maximum atomic E-state index is 12.7. The minimum absolute atomic E-state index is 0.104. The molecule has 1 aromatic carbocycles. The number of hydrogen-bond acceptors (Lipinski definition) is 6. The van der Waals surface area contributed by atoms with E-state index in [9.17, 15) is 4.79 Å². The van der Waals surface area contributed by atoms with Crippen LogP contribution in [0.25, 0.3) is 0 Å². The lowest BCUT2D eigenvalue weighted by atomic mass is 9.99. The normalized spacial score (nSPS) is 17.8. The maximum Gasteiger partial charge on any atom is 0.233 e. The van der Waals surface area contributed by atoms with Crippen LogP contribution in [-0.2, 0) is 4.79 Å². The van der Waals surface area contributed by atoms with Crippen molar-refractivity contribution in [1.29, 1.82) is 0 Å². The van der Waals surface area contributed by atoms with Crippen LogP contribution in [0.3, 0.4) is 0 Å². The minimum atomic E-state index is 0.104. The number of rotatable bonds is 5. The van der Waals surface area contributed by atoms with Gasteiger partial charge in [0, 0.05) is 56.0 Å². The van der Waals surface area contributed by atoms with Crippen molar-refractivity contribution in [2.45, 2.75) is 24.9 Å². The first-order valence-electron chi connectivity index (χ1n) is 10.7. The number of thioether (sulfide) groups is 1. The third-order valence-electron chi connectivity index (χ3n) is 5.90. The van der Waals surface area contributed by atoms with Gasteiger partial charge in [0.2, 0.25) is 5.91 Å². The Morgan fingerprint density at radius 2 is 1.77 bits per heavy atom. The van der Waals surface area contributed by atoms with E-state index in [1.165, 1.54) is 11.8 Å². The number of amides is 1. The Kier molecular flexibility index (Phi) is 7.46. The fourth-order valence-corrected chi connectivity index (χ4v) is 5.12. The number of aromatic nitrogens is 2. The topological polar surface area (TPSA) is 52.6 Å². The van der Waals surface area contributed by atoms with Gasteiger partial charge in [-0.15, -0.1) is 0 Å². The number of hydrogen-bond donors (Lipinski definition) is 0. The molecule has 2 fully saturated rings. The Morgan fingerprint density at radius 1 is 1.03 bits per heavy atom. The van der Waals surface area contributed by atoms with Crippen LogP contribution in [0.1, 0.15) is 19.8 Å². The molecule has 31 heavy (non-hydrogen) atoms. The van der Waals surface area contributed by atoms with Crippen molar-refractivity contribution in [3.05, 3.63) is 40.5 Å². The van der Waals surface area contributed by atoms with Gasteiger partial charge in [-0.05, 0) is 37.0 Å². The Morgan fingerprint density at radius 3 is 2.48 bits per heavy atom. The predicted octanol–water partition coefficient (Wildman–Crippen LogP) is 4.46. The van der Waals surface area contributed by atoms with E-state index in [-0.39, 0.29) is 5.91 Å². The number of carbonyl (C=O) groups excluding carboxylic acids is 1. The molecule has 2 saturated heterocycles. The average Bonchev–Trinajstić information content (AvgIpc) is 2.78. The Labute approximate surface area is 197 Å². The molecule has 3 heterocycles. The van der Waals surface area contributed by atoms with Crippen LogP contribution in [0.4, 0.5) is 11.5 Å². The van der Waals surface area contributed by atoms with Crippen LogP contribution < -0.4 is 9.80 Å². The van der Waals surface area contributed by atoms with Crippen molar-refractivity contribution in [3.8, 4) is 0 Å². The lowest BCUT2D eigenvalue weighted by Gasteiger charge is -2.36. The van der Waals surface area contributed by atoms with Crippen LogP contribution in [0.2, 0.25) is 10.2 Å². The van der Waals surface area contributed by atoms with Gasteiger partial charge < -0.3 is 14.7 Å². The summed E-state index contributed by atoms with van der Waals surface area (Å²) in [5, 5.41) is 1.72. The molecule has 0 bridgehead atoms. The Balaban J connectivity index is 1.30. The highest BCUT2D eigenvalue weighted by atomic mass is 35.5. The summed E-state index contributed by atoms with van der Waals surface area (Å²) in [6.45, 7) is 7.22. The van der Waals surface area contributed by atoms with Crippen molar-refractivity contribution in [2.24, 2.45) is 5.92 Å². The summed E-state index contributed by atoms with van der Waals surface area (Å²) >= 11 is 13.7. The summed E-state index contributed by atoms with van der Waals surface area (Å²) < 4.78 is 0. The average molecular weight is 480 g/mol. The number of anilines is 2. The van der Waals surface area contributed by atoms with Crippen LogP contribution >= 0.6 is 35.0 Å². The zero-order valence-electron chi connectivity index (χ0n) is 17.6. The van der Waals surface area contributed by atoms with Gasteiger partial charge in [-0.3, -0.25) is 4.79 Å². The smallest absolute Gasteiger partial charge is 0.233 e. The summed E-state index contributed by atoms with van der Waals surface area (Å²) in [7, 11) is 0. The monoisotopic (exact) mass is 479 g/mol. The number of halogens is 2. The summed E-state index contributed by atoms with van der Waals surface area (Å²) in [6, 6.07) is 9.66. The zero-order valence-corrected chi connectivity index (χ0v) is 20.0. The van der Waals surface area contributed by atoms with Crippen LogP contribution in [0.5, 0.6) is 0 Å². The van der Waals surface area contributed by atoms with Crippen molar-refractivity contribution in [3.63, 3.8) is 0 Å². The number of piperidine rings is 1. The van der Waals surface area contributed by atoms with Crippen molar-refractivity contribution in [1.82, 2.24) is 14.9 Å². The molecule has 0 saturated carbocycles. The van der Waals surface area contributed by atoms with Crippen LogP contribution in [-0.4, -0.2) is 65.8 Å². The van der Waals surface area contributed by atoms with Gasteiger partial charge in [-0.25, -0.2) is 9.97 Å². The van der Waals surface area contributed by atoms with E-state index in [0.29, 0.717) is 29.2 Å². The third-order valence-corrected chi connectivity index (χ3v) is 7.16. The largest absolute Gasteiger partial charge is 0.368 e. The van der Waals surface area contributed by atoms with Crippen LogP contribution in [0.15, 0.2) is 35.5 Å². The molecule has 9 heteroatoms. The van der Waals surface area contributed by atoms with E-state index in [1.54, 1.807) is 0 Å². The maximum absolute atomic E-state index is 12.7. The summed E-state index contributed by atoms with van der Waals surface area (Å²) in [5.41, 5.74) is 1.10. The highest BCUT2D eigenvalue weighted by Crippen LogP contribution is 2.26. The van der Waals surface area contributed by atoms with E-state index in [2.05, 4.69) is 32.8 Å². The van der Waals surface area contributed by atoms with Gasteiger partial charge in [0.1, 0.15) is 11.0 Å². The molecular weight excluding hydrogens is 453 g/mol. The van der Waals surface area contributed by atoms with Gasteiger partial charge in [0.15, 0.2) is 5.16 Å². The highest BCUT2D eigenvalue weighted by Gasteiger charge is 2.23. The van der Waals surface area contributed by atoms with Gasteiger partial charge in [0.25, 0.3) is 0 Å². The van der Waals surface area contributed by atoms with E-state index < -0.39 is 0 Å². The molecule has 0 unspecified atom stereocenters. The number of benzene rings is 1. The van der Waals surface area contributed by atoms with E-state index >= 15 is 0 Å². The second-order valence-electron chi connectivity index (χ2n) is 8.14. The zero-order chi connectivity index (χ0) is 21.8. The Bertz CT molecular complexity index is 915. The fraction of sp³-hybridized carbons (Fsp3) is 0.500. The number of nitrogens with zero attached hydrogens (tertiary/aromatic N) is 5. The SMILES string of the molecule is CC1CCN(c2cc(Cl)nc(SCC(=O)N3CCN(c4cccc(Cl)c4)CC3)n2)CC1. The van der Waals surface area contributed by atoms with Gasteiger partial charge >= 0.3 is 0 Å². The van der Waals surface area contributed by atoms with Crippen LogP contribution in [0, 0.1) is 5.92 Å². The quantitative estimate of drug-likeness (QED) is 0.358. The van der Waals surface area contributed by atoms with E-state index in [0.717, 1.165) is 61.5 Å². The second-order valence-corrected chi connectivity index (χ2v) is 9.90. The van der Waals surface area contributed by atoms with E-state index in [1.807, 2.05) is 29.2 Å². The molecule has 166 valence electrons. The molecule has 2 aromatic rings. The first-order valence-corrected chi connectivity index (χ1v) is 12.4. The fourth-order valence-electron chi connectivity index (χ4n) is 3.95. The molecule has 0 atom stereocenters. The van der Waals surface area contributed by atoms with Gasteiger partial charge in [-0.1, -0.05) is 48.0 Å². The van der Waals surface area contributed by atoms with E-state index in [4.69, 9.17) is 23.2 Å². The third kappa shape index (κ3) is 5.96. The summed E-state index contributed by atoms with van der Waals surface area (Å²) in [4.78, 5) is 28.1. The van der Waals surface area contributed by atoms with Crippen molar-refractivity contribution < 1.29 is 4.79 Å². The Hall–Kier alpha value is -1.70. The number of piperazine rings is 1. The summed E-state index contributed by atoms with van der Waals surface area (Å²) in [6.07, 6.45) is 2.31. The van der Waals surface area contributed by atoms with Crippen molar-refractivity contribution in [2.75, 3.05) is 54.8 Å². The molecule has 4 rings (SSSR count). The molecule has 0 spiro atoms. The number of carbonyl (C=O) groups is 1. The molecule has 1 amide bonds. The molecule has 2 aliphatic rings. The lowest BCUT2D eigenvalue weighted by molar-refractivity contribution is -0.128. The van der Waals surface area contributed by atoms with Gasteiger partial charge in [-0.2, -0.15) is 0 Å². The first-order chi connectivity index (χ1) is 15.0. The standard InChI is InChI=1S/C22H27Cl2N5OS/c1-16-5-7-28(8-6-16)20-14-19(24)25-22(26-20)31-15-21(30)29-11-9-27(10-12-29)18-4-2-3-17(23)13-18/h2-4,13-14,16H,5-12,15H2,1H3. The molecule has 0 aliphatic carbocycles. The molecular formula is C22H27Cl2N5OS. The first kappa shape index (κ1) is 22.5. The minimum Gasteiger partial charge on any atom is -0.368 e. The second kappa shape index (κ2) is 10.3. The molecule has 6 nitrogen and oxygen atoms in total. The predicted molar refractivity (Wildman–Crippen MR) is 129 cm³/mol. The molecule has 2 aliphatic heterocycles. The highest BCUT2D eigenvalue weighted by molar-refractivity contribution is 7.99.